The number of thioether (sulfide) groups is 1. The molecule has 1 aromatic heterocycles. The maximum absolute atomic E-state index is 11.3. The Kier molecular flexibility index (Phi) is 3.76. The molecule has 5 nitrogen and oxygen atoms in total. The first kappa shape index (κ1) is 12.1. The molecule has 0 aliphatic carbocycles. The minimum absolute atomic E-state index is 0. The van der Waals surface area contributed by atoms with Crippen LogP contribution in [0, 0.1) is 5.92 Å². The molecule has 1 aliphatic rings. The van der Waals surface area contributed by atoms with E-state index < -0.39 is 11.9 Å². The molecule has 0 bridgehead atoms. The van der Waals surface area contributed by atoms with Gasteiger partial charge in [-0.15, -0.1) is 12.4 Å². The monoisotopic (exact) mass is 248 g/mol. The second-order valence-corrected chi connectivity index (χ2v) is 4.01. The lowest BCUT2D eigenvalue weighted by atomic mass is 10.2. The third-order valence-electron chi connectivity index (χ3n) is 2.06. The second kappa shape index (κ2) is 4.67. The zero-order valence-electron chi connectivity index (χ0n) is 7.62. The summed E-state index contributed by atoms with van der Waals surface area (Å²) in [4.78, 5) is 26.1. The second-order valence-electron chi connectivity index (χ2n) is 3.02. The molecule has 0 aromatic carbocycles. The number of halogens is 1. The molecule has 1 aliphatic heterocycles. The van der Waals surface area contributed by atoms with E-state index in [4.69, 9.17) is 5.11 Å². The van der Waals surface area contributed by atoms with Gasteiger partial charge in [0.05, 0.1) is 5.92 Å². The van der Waals surface area contributed by atoms with E-state index in [0.29, 0.717) is 10.9 Å². The molecule has 7 heteroatoms. The largest absolute Gasteiger partial charge is 0.481 e. The predicted molar refractivity (Wildman–Crippen MR) is 57.6 cm³/mol. The van der Waals surface area contributed by atoms with E-state index in [0.717, 1.165) is 0 Å². The molecule has 0 fully saturated rings. The van der Waals surface area contributed by atoms with Crippen molar-refractivity contribution in [3.05, 3.63) is 22.6 Å². The minimum Gasteiger partial charge on any atom is -0.481 e. The molecule has 0 spiro atoms. The number of carboxylic acids is 1. The lowest BCUT2D eigenvalue weighted by molar-refractivity contribution is -0.141. The van der Waals surface area contributed by atoms with E-state index in [1.165, 1.54) is 28.6 Å². The van der Waals surface area contributed by atoms with Gasteiger partial charge >= 0.3 is 5.97 Å². The summed E-state index contributed by atoms with van der Waals surface area (Å²) in [5.41, 5.74) is -0.187. The van der Waals surface area contributed by atoms with Crippen molar-refractivity contribution in [1.82, 2.24) is 9.55 Å². The van der Waals surface area contributed by atoms with Crippen molar-refractivity contribution < 1.29 is 9.90 Å². The van der Waals surface area contributed by atoms with Crippen molar-refractivity contribution >= 4 is 30.1 Å². The lowest BCUT2D eigenvalue weighted by Crippen LogP contribution is -2.33. The molecule has 15 heavy (non-hydrogen) atoms. The van der Waals surface area contributed by atoms with E-state index in [1.54, 1.807) is 0 Å². The molecule has 0 amide bonds. The first-order valence-electron chi connectivity index (χ1n) is 4.10. The maximum atomic E-state index is 11.3. The molecule has 1 unspecified atom stereocenters. The van der Waals surface area contributed by atoms with E-state index >= 15 is 0 Å². The van der Waals surface area contributed by atoms with Crippen LogP contribution in [0.3, 0.4) is 0 Å². The van der Waals surface area contributed by atoms with E-state index in [2.05, 4.69) is 4.98 Å². The van der Waals surface area contributed by atoms with Crippen molar-refractivity contribution in [2.45, 2.75) is 11.7 Å². The van der Waals surface area contributed by atoms with Crippen LogP contribution in [0.15, 0.2) is 22.2 Å². The van der Waals surface area contributed by atoms with Crippen LogP contribution in [-0.4, -0.2) is 26.4 Å². The van der Waals surface area contributed by atoms with Gasteiger partial charge in [-0.05, 0) is 0 Å². The van der Waals surface area contributed by atoms with Crippen molar-refractivity contribution in [3.63, 3.8) is 0 Å². The highest BCUT2D eigenvalue weighted by molar-refractivity contribution is 7.99. The average Bonchev–Trinajstić information content (AvgIpc) is 2.18. The number of nitrogens with zero attached hydrogens (tertiary/aromatic N) is 2. The smallest absolute Gasteiger partial charge is 0.309 e. The van der Waals surface area contributed by atoms with Crippen LogP contribution in [0.25, 0.3) is 0 Å². The minimum atomic E-state index is -0.862. The summed E-state index contributed by atoms with van der Waals surface area (Å²) in [7, 11) is 0. The molecule has 1 N–H and O–H groups in total. The van der Waals surface area contributed by atoms with Crippen molar-refractivity contribution in [3.8, 4) is 0 Å². The molecule has 2 rings (SSSR count). The molecule has 0 saturated heterocycles. The normalized spacial score (nSPS) is 18.8. The Balaban J connectivity index is 0.00000112. The van der Waals surface area contributed by atoms with Gasteiger partial charge < -0.3 is 5.11 Å². The fourth-order valence-corrected chi connectivity index (χ4v) is 2.35. The highest BCUT2D eigenvalue weighted by atomic mass is 35.5. The third-order valence-corrected chi connectivity index (χ3v) is 3.22. The van der Waals surface area contributed by atoms with Gasteiger partial charge in [-0.3, -0.25) is 14.2 Å². The molecule has 0 saturated carbocycles. The number of carboxylic acid groups (broad SMARTS) is 1. The van der Waals surface area contributed by atoms with E-state index in [1.807, 2.05) is 0 Å². The number of rotatable bonds is 1. The fourth-order valence-electron chi connectivity index (χ4n) is 1.30. The summed E-state index contributed by atoms with van der Waals surface area (Å²) in [6.45, 7) is 0.227. The van der Waals surface area contributed by atoms with Crippen LogP contribution in [-0.2, 0) is 11.3 Å². The maximum Gasteiger partial charge on any atom is 0.309 e. The fraction of sp³-hybridized carbons (Fsp3) is 0.375. The number of carbonyl (C=O) groups is 1. The molecule has 1 atom stereocenters. The summed E-state index contributed by atoms with van der Waals surface area (Å²) in [6, 6.07) is 1.34. The number of hydrogen-bond donors (Lipinski definition) is 1. The Morgan fingerprint density at radius 3 is 3.07 bits per heavy atom. The molecule has 82 valence electrons. The van der Waals surface area contributed by atoms with Gasteiger partial charge in [0, 0.05) is 24.6 Å². The molecule has 0 radical (unpaired) electrons. The van der Waals surface area contributed by atoms with Crippen LogP contribution >= 0.6 is 24.2 Å². The summed E-state index contributed by atoms with van der Waals surface area (Å²) in [6.07, 6.45) is 1.45. The first-order chi connectivity index (χ1) is 6.68. The highest BCUT2D eigenvalue weighted by Crippen LogP contribution is 2.24. The summed E-state index contributed by atoms with van der Waals surface area (Å²) in [5.74, 6) is -0.875. The summed E-state index contributed by atoms with van der Waals surface area (Å²) >= 11 is 1.31. The van der Waals surface area contributed by atoms with Crippen LogP contribution < -0.4 is 5.56 Å². The van der Waals surface area contributed by atoms with Crippen LogP contribution in [0.1, 0.15) is 0 Å². The Bertz CT molecular complexity index is 434. The van der Waals surface area contributed by atoms with Gasteiger partial charge in [-0.25, -0.2) is 4.98 Å². The number of hydrogen-bond acceptors (Lipinski definition) is 4. The van der Waals surface area contributed by atoms with Crippen LogP contribution in [0.5, 0.6) is 0 Å². The summed E-state index contributed by atoms with van der Waals surface area (Å²) < 4.78 is 1.41. The molecular weight excluding hydrogens is 240 g/mol. The quantitative estimate of drug-likeness (QED) is 0.732. The van der Waals surface area contributed by atoms with Crippen LogP contribution in [0.4, 0.5) is 0 Å². The van der Waals surface area contributed by atoms with Crippen molar-refractivity contribution in [2.75, 3.05) is 5.75 Å². The standard InChI is InChI=1S/C8H8N2O3S.ClH/c11-6-1-2-9-8-10(6)3-5(4-14-8)7(12)13;/h1-2,5H,3-4H2,(H,12,13);1H. The van der Waals surface area contributed by atoms with Gasteiger partial charge in [-0.2, -0.15) is 0 Å². The van der Waals surface area contributed by atoms with Gasteiger partial charge in [0.25, 0.3) is 5.56 Å². The average molecular weight is 249 g/mol. The Labute approximate surface area is 95.9 Å². The van der Waals surface area contributed by atoms with Crippen molar-refractivity contribution in [2.24, 2.45) is 5.92 Å². The van der Waals surface area contributed by atoms with Crippen LogP contribution in [0.2, 0.25) is 0 Å². The first-order valence-corrected chi connectivity index (χ1v) is 5.08. The number of fused-ring (bicyclic) bond motifs is 1. The van der Waals surface area contributed by atoms with Gasteiger partial charge in [0.15, 0.2) is 5.16 Å². The Morgan fingerprint density at radius 2 is 2.40 bits per heavy atom. The van der Waals surface area contributed by atoms with Gasteiger partial charge in [-0.1, -0.05) is 11.8 Å². The zero-order chi connectivity index (χ0) is 10.1. The highest BCUT2D eigenvalue weighted by Gasteiger charge is 2.25. The zero-order valence-corrected chi connectivity index (χ0v) is 9.25. The lowest BCUT2D eigenvalue weighted by Gasteiger charge is -2.21. The van der Waals surface area contributed by atoms with E-state index in [-0.39, 0.29) is 24.5 Å². The molecule has 1 aromatic rings. The summed E-state index contributed by atoms with van der Waals surface area (Å²) in [5, 5.41) is 9.41. The Hall–Kier alpha value is -1.01. The SMILES string of the molecule is Cl.O=C(O)C1CSc2nccc(=O)n2C1. The van der Waals surface area contributed by atoms with Crippen molar-refractivity contribution in [1.29, 1.82) is 0 Å². The predicted octanol–water partition coefficient (Wildman–Crippen LogP) is 0.472. The van der Waals surface area contributed by atoms with Gasteiger partial charge in [0.2, 0.25) is 0 Å². The topological polar surface area (TPSA) is 72.2 Å². The third kappa shape index (κ3) is 2.32. The van der Waals surface area contributed by atoms with Gasteiger partial charge in [0.1, 0.15) is 0 Å². The van der Waals surface area contributed by atoms with E-state index in [9.17, 15) is 9.59 Å². The molecule has 2 heterocycles. The molecular formula is C8H9ClN2O3S. The Morgan fingerprint density at radius 1 is 1.67 bits per heavy atom. The number of aliphatic carboxylic acids is 1. The number of aromatic nitrogens is 2.